The Bertz CT molecular complexity index is 251. The van der Waals surface area contributed by atoms with Gasteiger partial charge in [-0.1, -0.05) is 20.3 Å². The summed E-state index contributed by atoms with van der Waals surface area (Å²) in [7, 11) is 0. The molecule has 0 unspecified atom stereocenters. The van der Waals surface area contributed by atoms with Gasteiger partial charge in [0.05, 0.1) is 0 Å². The molecule has 5 N–H and O–H groups in total. The van der Waals surface area contributed by atoms with E-state index in [0.29, 0.717) is 19.0 Å². The summed E-state index contributed by atoms with van der Waals surface area (Å²) in [6.45, 7) is 5.32. The molecule has 0 heterocycles. The predicted octanol–water partition coefficient (Wildman–Crippen LogP) is 0.995. The molecule has 1 rings (SSSR count). The van der Waals surface area contributed by atoms with E-state index >= 15 is 0 Å². The van der Waals surface area contributed by atoms with Gasteiger partial charge in [-0.3, -0.25) is 4.79 Å². The van der Waals surface area contributed by atoms with Gasteiger partial charge in [0.2, 0.25) is 5.91 Å². The van der Waals surface area contributed by atoms with Crippen LogP contribution in [0.4, 0.5) is 0 Å². The van der Waals surface area contributed by atoms with Crippen LogP contribution in [0.3, 0.4) is 0 Å². The second kappa shape index (κ2) is 6.36. The molecule has 1 amide bonds. The summed E-state index contributed by atoms with van der Waals surface area (Å²) in [6.07, 6.45) is 4.95. The predicted molar refractivity (Wildman–Crippen MR) is 70.4 cm³/mol. The van der Waals surface area contributed by atoms with Gasteiger partial charge >= 0.3 is 0 Å². The maximum atomic E-state index is 12.1. The van der Waals surface area contributed by atoms with Crippen molar-refractivity contribution in [1.29, 1.82) is 0 Å². The minimum Gasteiger partial charge on any atom is -0.354 e. The van der Waals surface area contributed by atoms with Crippen LogP contribution in [0, 0.1) is 11.8 Å². The molecule has 0 aromatic rings. The second-order valence-electron chi connectivity index (χ2n) is 5.32. The molecule has 1 saturated carbocycles. The molecular formula is C13H27N3O. The van der Waals surface area contributed by atoms with Gasteiger partial charge in [0, 0.05) is 18.0 Å². The Labute approximate surface area is 105 Å². The Morgan fingerprint density at radius 3 is 2.53 bits per heavy atom. The Hall–Kier alpha value is -0.610. The monoisotopic (exact) mass is 241 g/mol. The number of nitrogens with one attached hydrogen (secondary N) is 1. The molecule has 0 aromatic heterocycles. The van der Waals surface area contributed by atoms with Crippen molar-refractivity contribution in [2.24, 2.45) is 23.3 Å². The zero-order valence-electron chi connectivity index (χ0n) is 11.2. The SMILES string of the molecule is CCC(N)(CC)CNC(=O)[C@@H]1CCC[C@@H]1CN. The van der Waals surface area contributed by atoms with E-state index in [2.05, 4.69) is 19.2 Å². The van der Waals surface area contributed by atoms with Gasteiger partial charge in [-0.05, 0) is 38.1 Å². The average molecular weight is 241 g/mol. The first-order chi connectivity index (χ1) is 8.06. The van der Waals surface area contributed by atoms with Crippen molar-refractivity contribution in [2.45, 2.75) is 51.5 Å². The van der Waals surface area contributed by atoms with Crippen molar-refractivity contribution in [3.05, 3.63) is 0 Å². The van der Waals surface area contributed by atoms with Crippen LogP contribution in [-0.4, -0.2) is 24.5 Å². The number of nitrogens with two attached hydrogens (primary N) is 2. The molecule has 1 aliphatic carbocycles. The van der Waals surface area contributed by atoms with E-state index in [4.69, 9.17) is 11.5 Å². The fourth-order valence-corrected chi connectivity index (χ4v) is 2.56. The molecule has 4 nitrogen and oxygen atoms in total. The molecule has 1 fully saturated rings. The number of hydrogen-bond acceptors (Lipinski definition) is 3. The third-order valence-corrected chi connectivity index (χ3v) is 4.32. The summed E-state index contributed by atoms with van der Waals surface area (Å²) in [5.41, 5.74) is 11.6. The lowest BCUT2D eigenvalue weighted by atomic mass is 9.92. The number of carbonyl (C=O) groups excluding carboxylic acids is 1. The highest BCUT2D eigenvalue weighted by Gasteiger charge is 2.32. The first-order valence-corrected chi connectivity index (χ1v) is 6.83. The van der Waals surface area contributed by atoms with E-state index in [9.17, 15) is 4.79 Å². The van der Waals surface area contributed by atoms with Crippen molar-refractivity contribution >= 4 is 5.91 Å². The number of carbonyl (C=O) groups is 1. The normalized spacial score (nSPS) is 24.9. The smallest absolute Gasteiger partial charge is 0.223 e. The van der Waals surface area contributed by atoms with Gasteiger partial charge in [0.15, 0.2) is 0 Å². The molecule has 4 heteroatoms. The third-order valence-electron chi connectivity index (χ3n) is 4.32. The van der Waals surface area contributed by atoms with Crippen LogP contribution in [0.25, 0.3) is 0 Å². The Morgan fingerprint density at radius 2 is 2.00 bits per heavy atom. The van der Waals surface area contributed by atoms with Crippen molar-refractivity contribution in [1.82, 2.24) is 5.32 Å². The van der Waals surface area contributed by atoms with E-state index in [1.165, 1.54) is 0 Å². The van der Waals surface area contributed by atoms with Crippen LogP contribution < -0.4 is 16.8 Å². The zero-order valence-corrected chi connectivity index (χ0v) is 11.2. The maximum absolute atomic E-state index is 12.1. The van der Waals surface area contributed by atoms with E-state index < -0.39 is 0 Å². The largest absolute Gasteiger partial charge is 0.354 e. The van der Waals surface area contributed by atoms with Crippen molar-refractivity contribution < 1.29 is 4.79 Å². The van der Waals surface area contributed by atoms with E-state index in [1.54, 1.807) is 0 Å². The summed E-state index contributed by atoms with van der Waals surface area (Å²) in [5.74, 6) is 0.623. The summed E-state index contributed by atoms with van der Waals surface area (Å²) in [6, 6.07) is 0. The van der Waals surface area contributed by atoms with E-state index in [-0.39, 0.29) is 17.4 Å². The molecule has 0 saturated heterocycles. The summed E-state index contributed by atoms with van der Waals surface area (Å²) in [5, 5.41) is 3.01. The van der Waals surface area contributed by atoms with E-state index in [1.807, 2.05) is 0 Å². The van der Waals surface area contributed by atoms with Crippen LogP contribution >= 0.6 is 0 Å². The molecule has 2 atom stereocenters. The topological polar surface area (TPSA) is 81.1 Å². The fourth-order valence-electron chi connectivity index (χ4n) is 2.56. The van der Waals surface area contributed by atoms with Crippen LogP contribution in [0.2, 0.25) is 0 Å². The number of rotatable bonds is 6. The lowest BCUT2D eigenvalue weighted by Crippen LogP contribution is -2.50. The van der Waals surface area contributed by atoms with Gasteiger partial charge in [-0.15, -0.1) is 0 Å². The molecule has 0 aliphatic heterocycles. The van der Waals surface area contributed by atoms with Crippen molar-refractivity contribution in [3.63, 3.8) is 0 Å². The first-order valence-electron chi connectivity index (χ1n) is 6.83. The molecular weight excluding hydrogens is 214 g/mol. The highest BCUT2D eigenvalue weighted by molar-refractivity contribution is 5.79. The maximum Gasteiger partial charge on any atom is 0.223 e. The van der Waals surface area contributed by atoms with Gasteiger partial charge < -0.3 is 16.8 Å². The first kappa shape index (κ1) is 14.5. The molecule has 0 spiro atoms. The van der Waals surface area contributed by atoms with Crippen molar-refractivity contribution in [3.8, 4) is 0 Å². The second-order valence-corrected chi connectivity index (χ2v) is 5.32. The molecule has 0 bridgehead atoms. The van der Waals surface area contributed by atoms with Crippen LogP contribution in [0.5, 0.6) is 0 Å². The highest BCUT2D eigenvalue weighted by atomic mass is 16.1. The number of amides is 1. The lowest BCUT2D eigenvalue weighted by Gasteiger charge is -2.28. The summed E-state index contributed by atoms with van der Waals surface area (Å²) < 4.78 is 0. The molecule has 0 aromatic carbocycles. The molecule has 17 heavy (non-hydrogen) atoms. The number of hydrogen-bond donors (Lipinski definition) is 3. The average Bonchev–Trinajstić information content (AvgIpc) is 2.83. The minimum atomic E-state index is -0.257. The van der Waals surface area contributed by atoms with Gasteiger partial charge in [0.1, 0.15) is 0 Å². The fraction of sp³-hybridized carbons (Fsp3) is 0.923. The van der Waals surface area contributed by atoms with Gasteiger partial charge in [-0.2, -0.15) is 0 Å². The van der Waals surface area contributed by atoms with Gasteiger partial charge in [-0.25, -0.2) is 0 Å². The van der Waals surface area contributed by atoms with Gasteiger partial charge in [0.25, 0.3) is 0 Å². The Morgan fingerprint density at radius 1 is 1.35 bits per heavy atom. The van der Waals surface area contributed by atoms with E-state index in [0.717, 1.165) is 32.1 Å². The third kappa shape index (κ3) is 3.68. The Kier molecular flexibility index (Phi) is 5.40. The molecule has 0 radical (unpaired) electrons. The molecule has 100 valence electrons. The van der Waals surface area contributed by atoms with Crippen molar-refractivity contribution in [2.75, 3.05) is 13.1 Å². The molecule has 1 aliphatic rings. The summed E-state index contributed by atoms with van der Waals surface area (Å²) in [4.78, 5) is 12.1. The quantitative estimate of drug-likeness (QED) is 0.649. The minimum absolute atomic E-state index is 0.109. The lowest BCUT2D eigenvalue weighted by molar-refractivity contribution is -0.126. The Balaban J connectivity index is 2.44. The highest BCUT2D eigenvalue weighted by Crippen LogP contribution is 2.31. The standard InChI is InChI=1S/C13H27N3O/c1-3-13(15,4-2)9-16-12(17)11-7-5-6-10(11)8-14/h10-11H,3-9,14-15H2,1-2H3,(H,16,17)/t10-,11-/m1/s1. The summed E-state index contributed by atoms with van der Waals surface area (Å²) >= 11 is 0. The van der Waals surface area contributed by atoms with Crippen LogP contribution in [0.15, 0.2) is 0 Å². The van der Waals surface area contributed by atoms with Crippen LogP contribution in [0.1, 0.15) is 46.0 Å². The zero-order chi connectivity index (χ0) is 12.9. The van der Waals surface area contributed by atoms with Crippen LogP contribution in [-0.2, 0) is 4.79 Å².